The van der Waals surface area contributed by atoms with Crippen molar-refractivity contribution in [3.8, 4) is 5.75 Å². The number of esters is 1. The van der Waals surface area contributed by atoms with Gasteiger partial charge in [0.25, 0.3) is 0 Å². The molecule has 0 spiro atoms. The summed E-state index contributed by atoms with van der Waals surface area (Å²) in [5, 5.41) is 5.24. The van der Waals surface area contributed by atoms with Crippen molar-refractivity contribution >= 4 is 12.0 Å². The molecule has 6 nitrogen and oxygen atoms in total. The third-order valence-corrected chi connectivity index (χ3v) is 3.34. The lowest BCUT2D eigenvalue weighted by atomic mass is 9.88. The van der Waals surface area contributed by atoms with Crippen molar-refractivity contribution in [1.82, 2.24) is 10.6 Å². The van der Waals surface area contributed by atoms with Gasteiger partial charge in [0.05, 0.1) is 13.2 Å². The summed E-state index contributed by atoms with van der Waals surface area (Å²) in [7, 11) is 1.53. The van der Waals surface area contributed by atoms with Crippen LogP contribution in [0, 0.1) is 5.92 Å². The van der Waals surface area contributed by atoms with Crippen LogP contribution in [0.1, 0.15) is 11.6 Å². The Bertz CT molecular complexity index is 612. The molecule has 1 heterocycles. The van der Waals surface area contributed by atoms with Crippen molar-refractivity contribution in [2.75, 3.05) is 13.7 Å². The highest BCUT2D eigenvalue weighted by Crippen LogP contribution is 2.35. The third-order valence-electron chi connectivity index (χ3n) is 3.34. The molecule has 1 aromatic carbocycles. The second-order valence-corrected chi connectivity index (χ2v) is 4.74. The van der Waals surface area contributed by atoms with E-state index in [1.165, 1.54) is 13.2 Å². The molecule has 0 saturated carbocycles. The largest absolute Gasteiger partial charge is 0.496 e. The molecule has 116 valence electrons. The Morgan fingerprint density at radius 3 is 2.82 bits per heavy atom. The molecule has 1 fully saturated rings. The summed E-state index contributed by atoms with van der Waals surface area (Å²) in [4.78, 5) is 24.0. The van der Waals surface area contributed by atoms with Crippen LogP contribution in [0.4, 0.5) is 4.79 Å². The van der Waals surface area contributed by atoms with Crippen LogP contribution in [-0.4, -0.2) is 25.7 Å². The summed E-state index contributed by atoms with van der Waals surface area (Å²) in [5.41, 5.74) is 0.968. The number of para-hydroxylation sites is 1. The smallest absolute Gasteiger partial charge is 0.319 e. The van der Waals surface area contributed by atoms with Crippen molar-refractivity contribution < 1.29 is 19.1 Å². The quantitative estimate of drug-likeness (QED) is 0.643. The maximum absolute atomic E-state index is 12.3. The summed E-state index contributed by atoms with van der Waals surface area (Å²) in [5.74, 6) is -0.675. The number of carbonyl (C=O) groups excluding carboxylic acids is 2. The first-order chi connectivity index (χ1) is 10.6. The number of nitrogens with one attached hydrogen (secondary N) is 2. The summed E-state index contributed by atoms with van der Waals surface area (Å²) in [6.07, 6.45) is 1.48. The van der Waals surface area contributed by atoms with Gasteiger partial charge in [-0.1, -0.05) is 37.4 Å². The van der Waals surface area contributed by atoms with Crippen molar-refractivity contribution in [2.24, 2.45) is 5.92 Å². The first-order valence-corrected chi connectivity index (χ1v) is 6.75. The van der Waals surface area contributed by atoms with Crippen molar-refractivity contribution in [2.45, 2.75) is 6.04 Å². The monoisotopic (exact) mass is 302 g/mol. The average molecular weight is 302 g/mol. The third kappa shape index (κ3) is 3.11. The number of hydrogen-bond donors (Lipinski definition) is 2. The second-order valence-electron chi connectivity index (χ2n) is 4.74. The highest BCUT2D eigenvalue weighted by Gasteiger charge is 2.39. The first kappa shape index (κ1) is 15.6. The number of rotatable bonds is 5. The van der Waals surface area contributed by atoms with Crippen LogP contribution in [0.3, 0.4) is 0 Å². The van der Waals surface area contributed by atoms with Crippen LogP contribution in [0.2, 0.25) is 0 Å². The zero-order chi connectivity index (χ0) is 16.1. The lowest BCUT2D eigenvalue weighted by Gasteiger charge is -2.33. The Morgan fingerprint density at radius 2 is 2.14 bits per heavy atom. The zero-order valence-corrected chi connectivity index (χ0v) is 12.3. The lowest BCUT2D eigenvalue weighted by Crippen LogP contribution is -2.51. The van der Waals surface area contributed by atoms with E-state index in [-0.39, 0.29) is 12.3 Å². The second kappa shape index (κ2) is 6.80. The minimum atomic E-state index is -0.756. The van der Waals surface area contributed by atoms with Gasteiger partial charge in [0.15, 0.2) is 0 Å². The minimum Gasteiger partial charge on any atom is -0.496 e. The van der Waals surface area contributed by atoms with Crippen LogP contribution in [0.25, 0.3) is 0 Å². The average Bonchev–Trinajstić information content (AvgIpc) is 2.51. The van der Waals surface area contributed by atoms with E-state index in [9.17, 15) is 9.59 Å². The van der Waals surface area contributed by atoms with Crippen molar-refractivity contribution in [3.05, 3.63) is 54.8 Å². The molecule has 0 bridgehead atoms. The number of benzene rings is 1. The first-order valence-electron chi connectivity index (χ1n) is 6.75. The number of hydrogen-bond acceptors (Lipinski definition) is 4. The van der Waals surface area contributed by atoms with E-state index < -0.39 is 24.0 Å². The molecule has 1 aliphatic rings. The van der Waals surface area contributed by atoms with Gasteiger partial charge >= 0.3 is 12.0 Å². The van der Waals surface area contributed by atoms with Gasteiger partial charge in [-0.3, -0.25) is 4.79 Å². The topological polar surface area (TPSA) is 76.7 Å². The standard InChI is InChI=1S/C16H18N2O4/c1-4-9-22-15(19)13-10(2)17-16(20)18-14(13)11-7-5-6-8-12(11)21-3/h4-8,13-14H,1-2,9H2,3H3,(H2,17,18,20)/t13-,14+/m1/s1. The molecule has 2 atom stereocenters. The maximum Gasteiger partial charge on any atom is 0.319 e. The summed E-state index contributed by atoms with van der Waals surface area (Å²) in [6, 6.07) is 6.13. The molecule has 1 aliphatic heterocycles. The normalized spacial score (nSPS) is 20.6. The number of carbonyl (C=O) groups is 2. The fraction of sp³-hybridized carbons (Fsp3) is 0.250. The van der Waals surface area contributed by atoms with Crippen LogP contribution >= 0.6 is 0 Å². The molecule has 1 aromatic rings. The zero-order valence-electron chi connectivity index (χ0n) is 12.3. The SMILES string of the molecule is C=CCOC(=O)[C@@H]1C(=C)NC(=O)N[C@H]1c1ccccc1OC. The molecular formula is C16H18N2O4. The Balaban J connectivity index is 2.38. The molecule has 1 saturated heterocycles. The van der Waals surface area contributed by atoms with Gasteiger partial charge in [0.1, 0.15) is 18.3 Å². The van der Waals surface area contributed by atoms with Gasteiger partial charge in [-0.05, 0) is 6.07 Å². The summed E-state index contributed by atoms with van der Waals surface area (Å²) >= 11 is 0. The molecule has 0 unspecified atom stereocenters. The molecule has 0 aliphatic carbocycles. The molecule has 22 heavy (non-hydrogen) atoms. The van der Waals surface area contributed by atoms with E-state index in [2.05, 4.69) is 23.8 Å². The van der Waals surface area contributed by atoms with Crippen LogP contribution in [0.5, 0.6) is 5.75 Å². The summed E-state index contributed by atoms with van der Waals surface area (Å²) < 4.78 is 10.4. The lowest BCUT2D eigenvalue weighted by molar-refractivity contribution is -0.147. The molecule has 2 N–H and O–H groups in total. The molecule has 0 radical (unpaired) electrons. The van der Waals surface area contributed by atoms with Gasteiger partial charge in [-0.2, -0.15) is 0 Å². The predicted molar refractivity (Wildman–Crippen MR) is 81.2 cm³/mol. The van der Waals surface area contributed by atoms with E-state index in [1.54, 1.807) is 18.2 Å². The molecule has 2 rings (SSSR count). The Labute approximate surface area is 128 Å². The number of methoxy groups -OCH3 is 1. The van der Waals surface area contributed by atoms with Crippen LogP contribution in [-0.2, 0) is 9.53 Å². The van der Waals surface area contributed by atoms with E-state index >= 15 is 0 Å². The highest BCUT2D eigenvalue weighted by molar-refractivity contribution is 5.85. The molecular weight excluding hydrogens is 284 g/mol. The number of amides is 2. The van der Waals surface area contributed by atoms with Gasteiger partial charge in [-0.25, -0.2) is 4.79 Å². The van der Waals surface area contributed by atoms with Gasteiger partial charge in [0, 0.05) is 11.3 Å². The van der Waals surface area contributed by atoms with Crippen LogP contribution < -0.4 is 15.4 Å². The van der Waals surface area contributed by atoms with Crippen LogP contribution in [0.15, 0.2) is 49.2 Å². The molecule has 2 amide bonds. The number of urea groups is 1. The van der Waals surface area contributed by atoms with E-state index in [4.69, 9.17) is 9.47 Å². The van der Waals surface area contributed by atoms with Gasteiger partial charge in [0.2, 0.25) is 0 Å². The van der Waals surface area contributed by atoms with Gasteiger partial charge < -0.3 is 20.1 Å². The Morgan fingerprint density at radius 1 is 1.41 bits per heavy atom. The fourth-order valence-corrected chi connectivity index (χ4v) is 2.38. The Hall–Kier alpha value is -2.76. The fourth-order valence-electron chi connectivity index (χ4n) is 2.38. The Kier molecular flexibility index (Phi) is 4.83. The molecule has 0 aromatic heterocycles. The van der Waals surface area contributed by atoms with E-state index in [0.29, 0.717) is 11.3 Å². The van der Waals surface area contributed by atoms with E-state index in [0.717, 1.165) is 0 Å². The van der Waals surface area contributed by atoms with Crippen molar-refractivity contribution in [3.63, 3.8) is 0 Å². The minimum absolute atomic E-state index is 0.0925. The van der Waals surface area contributed by atoms with Gasteiger partial charge in [-0.15, -0.1) is 0 Å². The van der Waals surface area contributed by atoms with Crippen molar-refractivity contribution in [1.29, 1.82) is 0 Å². The number of ether oxygens (including phenoxy) is 2. The summed E-state index contributed by atoms with van der Waals surface area (Å²) in [6.45, 7) is 7.37. The molecule has 6 heteroatoms. The predicted octanol–water partition coefficient (Wildman–Crippen LogP) is 1.91. The van der Waals surface area contributed by atoms with E-state index in [1.807, 2.05) is 6.07 Å². The maximum atomic E-state index is 12.3. The highest BCUT2D eigenvalue weighted by atomic mass is 16.5.